The fraction of sp³-hybridized carbons (Fsp3) is 0.571. The number of hydrogen-bond acceptors (Lipinski definition) is 4. The highest BCUT2D eigenvalue weighted by molar-refractivity contribution is 8.00. The zero-order valence-corrected chi connectivity index (χ0v) is 11.9. The summed E-state index contributed by atoms with van der Waals surface area (Å²) in [6.45, 7) is 4.26. The largest absolute Gasteiger partial charge is 0.380 e. The third kappa shape index (κ3) is 2.62. The Hall–Kier alpha value is -1.07. The molecule has 102 valence electrons. The number of fused-ring (bicyclic) bond motifs is 1. The van der Waals surface area contributed by atoms with E-state index < -0.39 is 0 Å². The van der Waals surface area contributed by atoms with Gasteiger partial charge in [-0.2, -0.15) is 11.8 Å². The molecule has 2 aliphatic heterocycles. The maximum Gasteiger partial charge on any atom is 0.272 e. The lowest BCUT2D eigenvalue weighted by molar-refractivity contribution is 0.0315. The average molecular weight is 278 g/mol. The van der Waals surface area contributed by atoms with E-state index in [1.807, 2.05) is 41.8 Å². The van der Waals surface area contributed by atoms with Crippen molar-refractivity contribution in [3.05, 3.63) is 29.6 Å². The fourth-order valence-corrected chi connectivity index (χ4v) is 4.05. The van der Waals surface area contributed by atoms with Gasteiger partial charge in [-0.05, 0) is 25.5 Å². The molecule has 0 saturated carbocycles. The molecule has 1 amide bonds. The summed E-state index contributed by atoms with van der Waals surface area (Å²) in [6.07, 6.45) is 0.940. The molecule has 0 N–H and O–H groups in total. The molecule has 0 radical (unpaired) electrons. The molecule has 1 aromatic heterocycles. The molecular formula is C14H18N2O2S. The Labute approximate surface area is 117 Å². The van der Waals surface area contributed by atoms with E-state index in [0.29, 0.717) is 17.0 Å². The molecule has 2 atom stereocenters. The van der Waals surface area contributed by atoms with Crippen LogP contribution in [0.15, 0.2) is 18.2 Å². The second-order valence-corrected chi connectivity index (χ2v) is 6.35. The zero-order chi connectivity index (χ0) is 13.2. The first kappa shape index (κ1) is 12.9. The standard InChI is InChI=1S/C14H18N2O2S/c1-10-3-2-4-11(15-10)14(17)16-6-8-19-13-9-18-7-5-12(13)16/h2-4,12-13H,5-9H2,1H3. The lowest BCUT2D eigenvalue weighted by Gasteiger charge is -2.43. The van der Waals surface area contributed by atoms with Crippen molar-refractivity contribution < 1.29 is 9.53 Å². The fourth-order valence-electron chi connectivity index (χ4n) is 2.75. The van der Waals surface area contributed by atoms with Crippen LogP contribution in [-0.2, 0) is 4.74 Å². The van der Waals surface area contributed by atoms with Gasteiger partial charge in [-0.15, -0.1) is 0 Å². The highest BCUT2D eigenvalue weighted by Crippen LogP contribution is 2.30. The quantitative estimate of drug-likeness (QED) is 0.785. The Morgan fingerprint density at radius 1 is 1.53 bits per heavy atom. The Kier molecular flexibility index (Phi) is 3.75. The summed E-state index contributed by atoms with van der Waals surface area (Å²) < 4.78 is 5.52. The van der Waals surface area contributed by atoms with Crippen LogP contribution in [0.25, 0.3) is 0 Å². The van der Waals surface area contributed by atoms with Crippen LogP contribution in [0.2, 0.25) is 0 Å². The number of aromatic nitrogens is 1. The minimum atomic E-state index is 0.0703. The van der Waals surface area contributed by atoms with Crippen molar-refractivity contribution >= 4 is 17.7 Å². The van der Waals surface area contributed by atoms with E-state index in [1.54, 1.807) is 0 Å². The summed E-state index contributed by atoms with van der Waals surface area (Å²) in [5.74, 6) is 1.06. The average Bonchev–Trinajstić information content (AvgIpc) is 2.46. The summed E-state index contributed by atoms with van der Waals surface area (Å²) in [6, 6.07) is 5.93. The lowest BCUT2D eigenvalue weighted by atomic mass is 10.1. The predicted molar refractivity (Wildman–Crippen MR) is 75.5 cm³/mol. The van der Waals surface area contributed by atoms with Crippen LogP contribution in [0.1, 0.15) is 22.6 Å². The molecule has 2 aliphatic rings. The molecule has 3 rings (SSSR count). The molecule has 1 aromatic rings. The van der Waals surface area contributed by atoms with Crippen molar-refractivity contribution in [1.29, 1.82) is 0 Å². The van der Waals surface area contributed by atoms with Gasteiger partial charge in [-0.3, -0.25) is 4.79 Å². The normalized spacial score (nSPS) is 26.9. The van der Waals surface area contributed by atoms with Gasteiger partial charge in [0.1, 0.15) is 5.69 Å². The first-order valence-corrected chi connectivity index (χ1v) is 7.74. The van der Waals surface area contributed by atoms with E-state index >= 15 is 0 Å². The number of aryl methyl sites for hydroxylation is 1. The van der Waals surface area contributed by atoms with Gasteiger partial charge in [0.25, 0.3) is 5.91 Å². The molecular weight excluding hydrogens is 260 g/mol. The predicted octanol–water partition coefficient (Wildman–Crippen LogP) is 1.74. The number of rotatable bonds is 1. The van der Waals surface area contributed by atoms with Gasteiger partial charge in [-0.25, -0.2) is 4.98 Å². The van der Waals surface area contributed by atoms with Crippen LogP contribution in [0.4, 0.5) is 0 Å². The van der Waals surface area contributed by atoms with Crippen molar-refractivity contribution in [2.45, 2.75) is 24.6 Å². The molecule has 0 aromatic carbocycles. The van der Waals surface area contributed by atoms with E-state index in [9.17, 15) is 4.79 Å². The van der Waals surface area contributed by atoms with E-state index in [1.165, 1.54) is 0 Å². The molecule has 2 unspecified atom stereocenters. The third-order valence-corrected chi connectivity index (χ3v) is 5.00. The number of hydrogen-bond donors (Lipinski definition) is 0. The number of thioether (sulfide) groups is 1. The monoisotopic (exact) mass is 278 g/mol. The van der Waals surface area contributed by atoms with E-state index in [-0.39, 0.29) is 5.91 Å². The maximum atomic E-state index is 12.6. The maximum absolute atomic E-state index is 12.6. The molecule has 0 spiro atoms. The van der Waals surface area contributed by atoms with Crippen molar-refractivity contribution in [2.75, 3.05) is 25.5 Å². The van der Waals surface area contributed by atoms with E-state index in [0.717, 1.165) is 37.6 Å². The number of ether oxygens (including phenoxy) is 1. The van der Waals surface area contributed by atoms with Gasteiger partial charge >= 0.3 is 0 Å². The van der Waals surface area contributed by atoms with E-state index in [4.69, 9.17) is 4.74 Å². The minimum Gasteiger partial charge on any atom is -0.380 e. The topological polar surface area (TPSA) is 42.4 Å². The van der Waals surface area contributed by atoms with Gasteiger partial charge in [-0.1, -0.05) is 6.07 Å². The van der Waals surface area contributed by atoms with Crippen LogP contribution >= 0.6 is 11.8 Å². The van der Waals surface area contributed by atoms with Gasteiger partial charge in [0.15, 0.2) is 0 Å². The van der Waals surface area contributed by atoms with E-state index in [2.05, 4.69) is 4.98 Å². The molecule has 0 aliphatic carbocycles. The smallest absolute Gasteiger partial charge is 0.272 e. The molecule has 3 heterocycles. The molecule has 19 heavy (non-hydrogen) atoms. The van der Waals surface area contributed by atoms with Gasteiger partial charge < -0.3 is 9.64 Å². The lowest BCUT2D eigenvalue weighted by Crippen LogP contribution is -2.54. The number of carbonyl (C=O) groups is 1. The van der Waals surface area contributed by atoms with Crippen LogP contribution < -0.4 is 0 Å². The minimum absolute atomic E-state index is 0.0703. The Morgan fingerprint density at radius 3 is 3.26 bits per heavy atom. The Morgan fingerprint density at radius 2 is 2.42 bits per heavy atom. The summed E-state index contributed by atoms with van der Waals surface area (Å²) in [7, 11) is 0. The van der Waals surface area contributed by atoms with Crippen LogP contribution in [0.3, 0.4) is 0 Å². The first-order valence-electron chi connectivity index (χ1n) is 6.69. The SMILES string of the molecule is Cc1cccc(C(=O)N2CCSC3COCCC32)n1. The number of pyridine rings is 1. The molecule has 2 saturated heterocycles. The summed E-state index contributed by atoms with van der Waals surface area (Å²) in [5.41, 5.74) is 1.46. The molecule has 5 heteroatoms. The number of amides is 1. The number of carbonyl (C=O) groups excluding carboxylic acids is 1. The van der Waals surface area contributed by atoms with Crippen molar-refractivity contribution in [3.63, 3.8) is 0 Å². The second-order valence-electron chi connectivity index (χ2n) is 5.00. The van der Waals surface area contributed by atoms with Gasteiger partial charge in [0.2, 0.25) is 0 Å². The highest BCUT2D eigenvalue weighted by atomic mass is 32.2. The van der Waals surface area contributed by atoms with Gasteiger partial charge in [0, 0.05) is 35.9 Å². The first-order chi connectivity index (χ1) is 9.25. The molecule has 2 fully saturated rings. The van der Waals surface area contributed by atoms with Crippen LogP contribution in [0, 0.1) is 6.92 Å². The molecule has 4 nitrogen and oxygen atoms in total. The van der Waals surface area contributed by atoms with Crippen LogP contribution in [0.5, 0.6) is 0 Å². The summed E-state index contributed by atoms with van der Waals surface area (Å²) in [4.78, 5) is 19.0. The summed E-state index contributed by atoms with van der Waals surface area (Å²) >= 11 is 1.93. The molecule has 0 bridgehead atoms. The van der Waals surface area contributed by atoms with Crippen LogP contribution in [-0.4, -0.2) is 52.6 Å². The van der Waals surface area contributed by atoms with Crippen molar-refractivity contribution in [2.24, 2.45) is 0 Å². The Bertz CT molecular complexity index is 478. The zero-order valence-electron chi connectivity index (χ0n) is 11.0. The number of nitrogens with zero attached hydrogens (tertiary/aromatic N) is 2. The third-order valence-electron chi connectivity index (χ3n) is 3.70. The van der Waals surface area contributed by atoms with Crippen molar-refractivity contribution in [3.8, 4) is 0 Å². The summed E-state index contributed by atoms with van der Waals surface area (Å²) in [5, 5.41) is 0.427. The van der Waals surface area contributed by atoms with Crippen molar-refractivity contribution in [1.82, 2.24) is 9.88 Å². The highest BCUT2D eigenvalue weighted by Gasteiger charge is 2.37. The Balaban J connectivity index is 1.82. The van der Waals surface area contributed by atoms with Gasteiger partial charge in [0.05, 0.1) is 6.61 Å². The second kappa shape index (κ2) is 5.51.